The van der Waals surface area contributed by atoms with E-state index in [9.17, 15) is 5.11 Å². The standard InChI is InChI=1S/C17H22N6OS/c1-11-15(19-12(2)25-11)10-22-6-7-23-13(9-22)8-14(20-23)17(24)16-4-5-18-21(16)3/h4-5,8,17,24H,6-7,9-10H2,1-3H3. The number of fused-ring (bicyclic) bond motifs is 1. The van der Waals surface area contributed by atoms with Gasteiger partial charge < -0.3 is 5.11 Å². The van der Waals surface area contributed by atoms with E-state index in [1.807, 2.05) is 23.9 Å². The normalized spacial score (nSPS) is 16.2. The first-order valence-corrected chi connectivity index (χ1v) is 9.21. The van der Waals surface area contributed by atoms with Crippen molar-refractivity contribution >= 4 is 11.3 Å². The molecule has 0 aromatic carbocycles. The van der Waals surface area contributed by atoms with Crippen molar-refractivity contribution in [3.05, 3.63) is 51.0 Å². The highest BCUT2D eigenvalue weighted by Gasteiger charge is 2.24. The summed E-state index contributed by atoms with van der Waals surface area (Å²) in [6.45, 7) is 7.64. The third kappa shape index (κ3) is 3.12. The Morgan fingerprint density at radius 1 is 1.32 bits per heavy atom. The fourth-order valence-electron chi connectivity index (χ4n) is 3.35. The number of hydrogen-bond donors (Lipinski definition) is 1. The third-order valence-corrected chi connectivity index (χ3v) is 5.62. The maximum atomic E-state index is 10.6. The van der Waals surface area contributed by atoms with Gasteiger partial charge in [-0.2, -0.15) is 10.2 Å². The van der Waals surface area contributed by atoms with Gasteiger partial charge >= 0.3 is 0 Å². The molecule has 0 saturated carbocycles. The van der Waals surface area contributed by atoms with E-state index < -0.39 is 6.10 Å². The van der Waals surface area contributed by atoms with E-state index in [0.717, 1.165) is 42.6 Å². The molecule has 3 aromatic rings. The molecule has 132 valence electrons. The van der Waals surface area contributed by atoms with Crippen LogP contribution in [0.2, 0.25) is 0 Å². The number of hydrogen-bond acceptors (Lipinski definition) is 6. The number of aromatic nitrogens is 5. The van der Waals surface area contributed by atoms with Crippen LogP contribution in [-0.4, -0.2) is 41.1 Å². The first-order chi connectivity index (χ1) is 12.0. The minimum absolute atomic E-state index is 0.682. The first-order valence-electron chi connectivity index (χ1n) is 8.39. The molecule has 4 rings (SSSR count). The van der Waals surface area contributed by atoms with Crippen molar-refractivity contribution in [2.75, 3.05) is 6.54 Å². The zero-order chi connectivity index (χ0) is 17.6. The third-order valence-electron chi connectivity index (χ3n) is 4.69. The summed E-state index contributed by atoms with van der Waals surface area (Å²) in [6.07, 6.45) is 0.941. The molecule has 0 bridgehead atoms. The van der Waals surface area contributed by atoms with Crippen LogP contribution in [0.4, 0.5) is 0 Å². The zero-order valence-corrected chi connectivity index (χ0v) is 15.5. The first kappa shape index (κ1) is 16.4. The number of thiazole rings is 1. The summed E-state index contributed by atoms with van der Waals surface area (Å²) in [4.78, 5) is 8.32. The molecule has 1 aliphatic rings. The Morgan fingerprint density at radius 2 is 2.16 bits per heavy atom. The van der Waals surface area contributed by atoms with Gasteiger partial charge in [0.2, 0.25) is 0 Å². The Hall–Kier alpha value is -2.03. The summed E-state index contributed by atoms with van der Waals surface area (Å²) in [5.41, 5.74) is 3.74. The SMILES string of the molecule is Cc1nc(CN2CCn3nc(C(O)c4ccnn4C)cc3C2)c(C)s1. The Balaban J connectivity index is 1.51. The van der Waals surface area contributed by atoms with E-state index in [-0.39, 0.29) is 0 Å². The van der Waals surface area contributed by atoms with Crippen LogP contribution in [0.25, 0.3) is 0 Å². The molecule has 0 spiro atoms. The van der Waals surface area contributed by atoms with Gasteiger partial charge in [0.15, 0.2) is 0 Å². The molecular formula is C17H22N6OS. The smallest absolute Gasteiger partial charge is 0.139 e. The van der Waals surface area contributed by atoms with Crippen LogP contribution >= 0.6 is 11.3 Å². The second-order valence-electron chi connectivity index (χ2n) is 6.51. The maximum Gasteiger partial charge on any atom is 0.139 e. The number of rotatable bonds is 4. The van der Waals surface area contributed by atoms with Crippen molar-refractivity contribution in [3.63, 3.8) is 0 Å². The average molecular weight is 358 g/mol. The van der Waals surface area contributed by atoms with Gasteiger partial charge in [0.25, 0.3) is 0 Å². The van der Waals surface area contributed by atoms with Gasteiger partial charge in [-0.3, -0.25) is 14.3 Å². The zero-order valence-electron chi connectivity index (χ0n) is 14.7. The number of aliphatic hydroxyl groups excluding tert-OH is 1. The van der Waals surface area contributed by atoms with Crippen LogP contribution in [0, 0.1) is 13.8 Å². The van der Waals surface area contributed by atoms with Crippen molar-refractivity contribution in [2.24, 2.45) is 7.05 Å². The van der Waals surface area contributed by atoms with Crippen LogP contribution < -0.4 is 0 Å². The van der Waals surface area contributed by atoms with Gasteiger partial charge in [-0.15, -0.1) is 11.3 Å². The average Bonchev–Trinajstić information content (AvgIpc) is 3.26. The summed E-state index contributed by atoms with van der Waals surface area (Å²) < 4.78 is 3.69. The predicted octanol–water partition coefficient (Wildman–Crippen LogP) is 1.79. The van der Waals surface area contributed by atoms with Crippen molar-refractivity contribution in [3.8, 4) is 0 Å². The second-order valence-corrected chi connectivity index (χ2v) is 7.92. The van der Waals surface area contributed by atoms with Crippen molar-refractivity contribution in [1.82, 2.24) is 29.4 Å². The lowest BCUT2D eigenvalue weighted by atomic mass is 10.1. The molecule has 1 unspecified atom stereocenters. The van der Waals surface area contributed by atoms with Crippen LogP contribution in [0.5, 0.6) is 0 Å². The molecule has 0 fully saturated rings. The summed E-state index contributed by atoms with van der Waals surface area (Å²) in [7, 11) is 1.83. The Bertz CT molecular complexity index is 895. The van der Waals surface area contributed by atoms with E-state index in [0.29, 0.717) is 5.69 Å². The fourth-order valence-corrected chi connectivity index (χ4v) is 4.17. The quantitative estimate of drug-likeness (QED) is 0.770. The Kier molecular flexibility index (Phi) is 4.18. The Labute approximate surface area is 150 Å². The van der Waals surface area contributed by atoms with Gasteiger partial charge in [-0.05, 0) is 26.0 Å². The predicted molar refractivity (Wildman–Crippen MR) is 95.2 cm³/mol. The largest absolute Gasteiger partial charge is 0.380 e. The van der Waals surface area contributed by atoms with Gasteiger partial charge in [0.05, 0.1) is 34.3 Å². The lowest BCUT2D eigenvalue weighted by Crippen LogP contribution is -2.33. The van der Waals surface area contributed by atoms with Crippen molar-refractivity contribution in [1.29, 1.82) is 0 Å². The van der Waals surface area contributed by atoms with Crippen LogP contribution in [0.3, 0.4) is 0 Å². The molecule has 1 aliphatic heterocycles. The van der Waals surface area contributed by atoms with Gasteiger partial charge in [-0.1, -0.05) is 0 Å². The van der Waals surface area contributed by atoms with Crippen LogP contribution in [0.15, 0.2) is 18.3 Å². The minimum atomic E-state index is -0.748. The highest BCUT2D eigenvalue weighted by atomic mass is 32.1. The molecule has 7 nitrogen and oxygen atoms in total. The summed E-state index contributed by atoms with van der Waals surface area (Å²) in [5.74, 6) is 0. The molecule has 1 atom stereocenters. The molecule has 0 aliphatic carbocycles. The number of aryl methyl sites for hydroxylation is 3. The summed E-state index contributed by atoms with van der Waals surface area (Å²) >= 11 is 1.75. The van der Waals surface area contributed by atoms with Crippen molar-refractivity contribution < 1.29 is 5.11 Å². The van der Waals surface area contributed by atoms with Crippen LogP contribution in [-0.2, 0) is 26.7 Å². The minimum Gasteiger partial charge on any atom is -0.380 e. The maximum absolute atomic E-state index is 10.6. The van der Waals surface area contributed by atoms with E-state index in [2.05, 4.69) is 33.9 Å². The molecule has 25 heavy (non-hydrogen) atoms. The molecule has 0 radical (unpaired) electrons. The molecular weight excluding hydrogens is 336 g/mol. The highest BCUT2D eigenvalue weighted by Crippen LogP contribution is 2.25. The summed E-state index contributed by atoms with van der Waals surface area (Å²) in [6, 6.07) is 3.83. The van der Waals surface area contributed by atoms with Gasteiger partial charge in [0.1, 0.15) is 6.10 Å². The molecule has 4 heterocycles. The lowest BCUT2D eigenvalue weighted by molar-refractivity contribution is 0.195. The van der Waals surface area contributed by atoms with Crippen LogP contribution in [0.1, 0.15) is 38.8 Å². The fraction of sp³-hybridized carbons (Fsp3) is 0.471. The van der Waals surface area contributed by atoms with E-state index >= 15 is 0 Å². The van der Waals surface area contributed by atoms with Crippen molar-refractivity contribution in [2.45, 2.75) is 39.6 Å². The van der Waals surface area contributed by atoms with E-state index in [1.165, 1.54) is 10.6 Å². The monoisotopic (exact) mass is 358 g/mol. The van der Waals surface area contributed by atoms with Gasteiger partial charge in [-0.25, -0.2) is 4.98 Å². The number of aliphatic hydroxyl groups is 1. The molecule has 1 N–H and O–H groups in total. The van der Waals surface area contributed by atoms with E-state index in [1.54, 1.807) is 22.2 Å². The lowest BCUT2D eigenvalue weighted by Gasteiger charge is -2.27. The molecule has 8 heteroatoms. The second kappa shape index (κ2) is 6.36. The highest BCUT2D eigenvalue weighted by molar-refractivity contribution is 7.11. The van der Waals surface area contributed by atoms with Gasteiger partial charge in [0, 0.05) is 37.8 Å². The van der Waals surface area contributed by atoms with E-state index in [4.69, 9.17) is 0 Å². The molecule has 3 aromatic heterocycles. The summed E-state index contributed by atoms with van der Waals surface area (Å²) in [5, 5.41) is 20.4. The topological polar surface area (TPSA) is 72.0 Å². The Morgan fingerprint density at radius 3 is 2.84 bits per heavy atom. The molecule has 0 saturated heterocycles. The number of nitrogens with zero attached hydrogens (tertiary/aromatic N) is 6. The molecule has 0 amide bonds.